The van der Waals surface area contributed by atoms with E-state index in [1.54, 1.807) is 30.1 Å². The van der Waals surface area contributed by atoms with Crippen LogP contribution in [0.25, 0.3) is 10.4 Å². The number of anilines is 1. The van der Waals surface area contributed by atoms with E-state index in [1.807, 2.05) is 0 Å². The van der Waals surface area contributed by atoms with E-state index in [0.717, 1.165) is 4.90 Å². The number of carbonyl (C=O) groups excluding carboxylic acids is 4. The van der Waals surface area contributed by atoms with Gasteiger partial charge < -0.3 is 4.90 Å². The Balaban J connectivity index is 1.85. The lowest BCUT2D eigenvalue weighted by atomic mass is 10.0. The van der Waals surface area contributed by atoms with Crippen LogP contribution in [0.15, 0.2) is 23.3 Å². The first-order valence-electron chi connectivity index (χ1n) is 8.01. The van der Waals surface area contributed by atoms with Gasteiger partial charge in [0.1, 0.15) is 6.04 Å². The van der Waals surface area contributed by atoms with Crippen molar-refractivity contribution in [1.29, 1.82) is 0 Å². The van der Waals surface area contributed by atoms with Crippen molar-refractivity contribution in [2.24, 2.45) is 5.11 Å². The summed E-state index contributed by atoms with van der Waals surface area (Å²) in [6.45, 7) is 0.710. The molecule has 2 heterocycles. The smallest absolute Gasteiger partial charge is 0.262 e. The van der Waals surface area contributed by atoms with Crippen LogP contribution in [0.2, 0.25) is 0 Å². The molecule has 0 radical (unpaired) electrons. The molecule has 26 heavy (non-hydrogen) atoms. The predicted octanol–water partition coefficient (Wildman–Crippen LogP) is 0.834. The Kier molecular flexibility index (Phi) is 4.59. The van der Waals surface area contributed by atoms with E-state index in [0.29, 0.717) is 12.2 Å². The van der Waals surface area contributed by atoms with Crippen molar-refractivity contribution in [3.05, 3.63) is 39.8 Å². The lowest BCUT2D eigenvalue weighted by Crippen LogP contribution is -2.54. The van der Waals surface area contributed by atoms with Gasteiger partial charge in [-0.3, -0.25) is 29.4 Å². The number of likely N-dealkylation sites (N-methyl/N-ethyl adjacent to an activating group) is 1. The third-order valence-electron chi connectivity index (χ3n) is 4.46. The van der Waals surface area contributed by atoms with E-state index >= 15 is 0 Å². The van der Waals surface area contributed by atoms with E-state index < -0.39 is 29.7 Å². The molecule has 0 bridgehead atoms. The quantitative estimate of drug-likeness (QED) is 0.361. The Bertz CT molecular complexity index is 860. The number of nitrogens with zero attached hydrogens (tertiary/aromatic N) is 5. The minimum absolute atomic E-state index is 0.0806. The number of fused-ring (bicyclic) bond motifs is 1. The molecule has 10 nitrogen and oxygen atoms in total. The number of benzene rings is 1. The average Bonchev–Trinajstić information content (AvgIpc) is 2.86. The zero-order valence-electron chi connectivity index (χ0n) is 14.0. The third-order valence-corrected chi connectivity index (χ3v) is 4.46. The molecular formula is C16H16N6O4. The number of azide groups is 1. The summed E-state index contributed by atoms with van der Waals surface area (Å²) in [6.07, 6.45) is 0.201. The highest BCUT2D eigenvalue weighted by Gasteiger charge is 2.44. The lowest BCUT2D eigenvalue weighted by molar-refractivity contribution is -0.136. The van der Waals surface area contributed by atoms with Crippen LogP contribution in [-0.4, -0.2) is 54.7 Å². The summed E-state index contributed by atoms with van der Waals surface area (Å²) in [7, 11) is 1.77. The van der Waals surface area contributed by atoms with Crippen LogP contribution < -0.4 is 10.2 Å². The summed E-state index contributed by atoms with van der Waals surface area (Å²) in [4.78, 5) is 54.0. The zero-order chi connectivity index (χ0) is 18.8. The number of carbonyl (C=O) groups is 4. The molecule has 0 aliphatic carbocycles. The Morgan fingerprint density at radius 2 is 2.00 bits per heavy atom. The van der Waals surface area contributed by atoms with Crippen molar-refractivity contribution in [2.45, 2.75) is 18.9 Å². The van der Waals surface area contributed by atoms with Crippen LogP contribution in [-0.2, 0) is 9.59 Å². The standard InChI is InChI=1S/C16H16N6O4/c1-21(7-6-18-20-17)9-2-3-10-11(8-9)16(26)22(15(10)25)12-4-5-13(23)19-14(12)24/h2-3,8,12H,4-7H2,1H3,(H,19,23,24). The van der Waals surface area contributed by atoms with Gasteiger partial charge in [-0.2, -0.15) is 0 Å². The highest BCUT2D eigenvalue weighted by atomic mass is 16.2. The van der Waals surface area contributed by atoms with Gasteiger partial charge in [0.25, 0.3) is 11.8 Å². The van der Waals surface area contributed by atoms with Crippen LogP contribution in [0.5, 0.6) is 0 Å². The van der Waals surface area contributed by atoms with Gasteiger partial charge in [-0.25, -0.2) is 0 Å². The molecule has 2 aliphatic heterocycles. The minimum Gasteiger partial charge on any atom is -0.374 e. The van der Waals surface area contributed by atoms with Gasteiger partial charge in [-0.05, 0) is 30.2 Å². The maximum absolute atomic E-state index is 12.7. The minimum atomic E-state index is -0.980. The summed E-state index contributed by atoms with van der Waals surface area (Å²) in [5, 5.41) is 5.62. The highest BCUT2D eigenvalue weighted by Crippen LogP contribution is 2.30. The van der Waals surface area contributed by atoms with E-state index in [1.165, 1.54) is 0 Å². The molecule has 1 unspecified atom stereocenters. The molecule has 1 fully saturated rings. The monoisotopic (exact) mass is 356 g/mol. The van der Waals surface area contributed by atoms with Crippen LogP contribution in [0, 0.1) is 0 Å². The Morgan fingerprint density at radius 3 is 2.69 bits per heavy atom. The maximum atomic E-state index is 12.7. The van der Waals surface area contributed by atoms with Crippen molar-refractivity contribution in [3.63, 3.8) is 0 Å². The fraction of sp³-hybridized carbons (Fsp3) is 0.375. The van der Waals surface area contributed by atoms with Crippen molar-refractivity contribution in [3.8, 4) is 0 Å². The van der Waals surface area contributed by atoms with Crippen LogP contribution in [0.1, 0.15) is 33.6 Å². The van der Waals surface area contributed by atoms with Gasteiger partial charge in [0.2, 0.25) is 11.8 Å². The van der Waals surface area contributed by atoms with E-state index in [-0.39, 0.29) is 30.5 Å². The lowest BCUT2D eigenvalue weighted by Gasteiger charge is -2.27. The van der Waals surface area contributed by atoms with Crippen molar-refractivity contribution >= 4 is 29.3 Å². The molecule has 0 saturated carbocycles. The maximum Gasteiger partial charge on any atom is 0.262 e. The molecule has 134 valence electrons. The first-order chi connectivity index (χ1) is 12.4. The number of piperidine rings is 1. The molecule has 1 aromatic carbocycles. The molecule has 1 saturated heterocycles. The van der Waals surface area contributed by atoms with Crippen LogP contribution in [0.4, 0.5) is 5.69 Å². The number of hydrogen-bond acceptors (Lipinski definition) is 6. The Labute approximate surface area is 148 Å². The summed E-state index contributed by atoms with van der Waals surface area (Å²) in [5.74, 6) is -2.14. The number of amides is 4. The third kappa shape index (κ3) is 2.98. The van der Waals surface area contributed by atoms with Crippen molar-refractivity contribution in [2.75, 3.05) is 25.0 Å². The summed E-state index contributed by atoms with van der Waals surface area (Å²) < 4.78 is 0. The Morgan fingerprint density at radius 1 is 1.27 bits per heavy atom. The van der Waals surface area contributed by atoms with Crippen molar-refractivity contribution in [1.82, 2.24) is 10.2 Å². The summed E-state index contributed by atoms with van der Waals surface area (Å²) >= 11 is 0. The molecule has 4 amide bonds. The normalized spacial score (nSPS) is 19.1. The molecule has 0 spiro atoms. The van der Waals surface area contributed by atoms with Gasteiger partial charge in [0.15, 0.2) is 0 Å². The number of imide groups is 2. The van der Waals surface area contributed by atoms with Gasteiger partial charge in [-0.1, -0.05) is 5.11 Å². The largest absolute Gasteiger partial charge is 0.374 e. The first-order valence-corrected chi connectivity index (χ1v) is 8.01. The molecule has 1 N–H and O–H groups in total. The van der Waals surface area contributed by atoms with Gasteiger partial charge in [0, 0.05) is 37.2 Å². The second-order valence-corrected chi connectivity index (χ2v) is 6.05. The molecular weight excluding hydrogens is 340 g/mol. The molecule has 3 rings (SSSR count). The fourth-order valence-corrected chi connectivity index (χ4v) is 3.06. The van der Waals surface area contributed by atoms with Crippen LogP contribution in [0.3, 0.4) is 0 Å². The second-order valence-electron chi connectivity index (χ2n) is 6.05. The summed E-state index contributed by atoms with van der Waals surface area (Å²) in [5.41, 5.74) is 9.46. The highest BCUT2D eigenvalue weighted by molar-refractivity contribution is 6.23. The zero-order valence-corrected chi connectivity index (χ0v) is 14.0. The van der Waals surface area contributed by atoms with Crippen molar-refractivity contribution < 1.29 is 19.2 Å². The second kappa shape index (κ2) is 6.85. The molecule has 2 aliphatic rings. The molecule has 1 aromatic rings. The first kappa shape index (κ1) is 17.4. The molecule has 0 aromatic heterocycles. The van der Waals surface area contributed by atoms with Gasteiger partial charge >= 0.3 is 0 Å². The van der Waals surface area contributed by atoms with E-state index in [9.17, 15) is 19.2 Å². The van der Waals surface area contributed by atoms with E-state index in [2.05, 4.69) is 15.3 Å². The van der Waals surface area contributed by atoms with E-state index in [4.69, 9.17) is 5.53 Å². The predicted molar refractivity (Wildman–Crippen MR) is 90.4 cm³/mol. The van der Waals surface area contributed by atoms with Gasteiger partial charge in [0.05, 0.1) is 11.1 Å². The Hall–Kier alpha value is -3.39. The molecule has 10 heteroatoms. The molecule has 1 atom stereocenters. The SMILES string of the molecule is CN(CCN=[N+]=[N-])c1ccc2c(c1)C(=O)N(C1CCC(=O)NC1=O)C2=O. The van der Waals surface area contributed by atoms with Crippen LogP contribution >= 0.6 is 0 Å². The number of hydrogen-bond donors (Lipinski definition) is 1. The van der Waals surface area contributed by atoms with Gasteiger partial charge in [-0.15, -0.1) is 0 Å². The average molecular weight is 356 g/mol. The topological polar surface area (TPSA) is 136 Å². The number of nitrogens with one attached hydrogen (secondary N) is 1. The summed E-state index contributed by atoms with van der Waals surface area (Å²) in [6, 6.07) is 3.83. The number of rotatable bonds is 5. The fourth-order valence-electron chi connectivity index (χ4n) is 3.06.